The third-order valence-corrected chi connectivity index (χ3v) is 4.51. The third kappa shape index (κ3) is 5.86. The first-order valence-corrected chi connectivity index (χ1v) is 9.37. The summed E-state index contributed by atoms with van der Waals surface area (Å²) in [5.74, 6) is -0.591. The first kappa shape index (κ1) is 21.0. The van der Waals surface area contributed by atoms with Gasteiger partial charge in [0.05, 0.1) is 23.9 Å². The summed E-state index contributed by atoms with van der Waals surface area (Å²) in [5.41, 5.74) is 0.373. The molecule has 1 unspecified atom stereocenters. The maximum atomic E-state index is 12.2. The van der Waals surface area contributed by atoms with Gasteiger partial charge in [0.1, 0.15) is 5.82 Å². The van der Waals surface area contributed by atoms with Crippen LogP contribution < -0.4 is 16.6 Å². The highest BCUT2D eigenvalue weighted by molar-refractivity contribution is 6.30. The van der Waals surface area contributed by atoms with E-state index >= 15 is 0 Å². The van der Waals surface area contributed by atoms with Crippen LogP contribution in [0.25, 0.3) is 11.5 Å². The number of ether oxygens (including phenoxy) is 1. The minimum absolute atomic E-state index is 0.152. The number of H-pyrrole nitrogens is 1. The largest absolute Gasteiger partial charge is 0.439 e. The second-order valence-electron chi connectivity index (χ2n) is 6.36. The Labute approximate surface area is 170 Å². The molecule has 3 aromatic rings. The van der Waals surface area contributed by atoms with Gasteiger partial charge in [0.25, 0.3) is 5.56 Å². The van der Waals surface area contributed by atoms with E-state index in [-0.39, 0.29) is 28.1 Å². The highest BCUT2D eigenvalue weighted by Crippen LogP contribution is 2.14. The Bertz CT molecular complexity index is 1020. The molecule has 1 fully saturated rings. The van der Waals surface area contributed by atoms with Gasteiger partial charge in [-0.15, -0.1) is 0 Å². The van der Waals surface area contributed by atoms with Crippen molar-refractivity contribution in [2.45, 2.75) is 6.54 Å². The standard InChI is InChI=1S/C13H16N4O4.C6H4ClF/c18-11-3-1-2-10(12-15-13(19)21-16-12)17(11)7-9-6-14-4-5-20-8-9;7-5-3-1-2-4-6(5)8/h1-3,9,14H,4-8H2,(H,15,16,19);1-4H. The molecule has 0 saturated carbocycles. The number of halogens is 2. The highest BCUT2D eigenvalue weighted by atomic mass is 35.5. The first-order valence-electron chi connectivity index (χ1n) is 8.99. The van der Waals surface area contributed by atoms with Crippen molar-refractivity contribution in [2.75, 3.05) is 26.3 Å². The monoisotopic (exact) mass is 422 g/mol. The van der Waals surface area contributed by atoms with Crippen LogP contribution in [0.3, 0.4) is 0 Å². The van der Waals surface area contributed by atoms with Gasteiger partial charge in [-0.25, -0.2) is 9.18 Å². The van der Waals surface area contributed by atoms with Crippen molar-refractivity contribution in [3.05, 3.63) is 74.2 Å². The average molecular weight is 423 g/mol. The zero-order valence-corrected chi connectivity index (χ0v) is 16.2. The summed E-state index contributed by atoms with van der Waals surface area (Å²) in [7, 11) is 0. The van der Waals surface area contributed by atoms with E-state index in [9.17, 15) is 14.0 Å². The summed E-state index contributed by atoms with van der Waals surface area (Å²) in [6.07, 6.45) is 0. The van der Waals surface area contributed by atoms with Crippen LogP contribution in [0.5, 0.6) is 0 Å². The molecule has 3 heterocycles. The van der Waals surface area contributed by atoms with E-state index in [1.807, 2.05) is 0 Å². The molecular formula is C19H20ClFN4O4. The number of rotatable bonds is 3. The van der Waals surface area contributed by atoms with Crippen molar-refractivity contribution < 1.29 is 13.7 Å². The van der Waals surface area contributed by atoms with E-state index in [0.29, 0.717) is 25.5 Å². The summed E-state index contributed by atoms with van der Waals surface area (Å²) in [6.45, 7) is 3.32. The number of aromatic amines is 1. The number of hydrogen-bond donors (Lipinski definition) is 2. The summed E-state index contributed by atoms with van der Waals surface area (Å²) in [6, 6.07) is 10.9. The van der Waals surface area contributed by atoms with Crippen LogP contribution in [0.2, 0.25) is 5.02 Å². The molecule has 0 radical (unpaired) electrons. The van der Waals surface area contributed by atoms with Crippen LogP contribution in [0.1, 0.15) is 0 Å². The number of nitrogens with one attached hydrogen (secondary N) is 2. The summed E-state index contributed by atoms with van der Waals surface area (Å²) >= 11 is 5.33. The number of hydrogen-bond acceptors (Lipinski definition) is 6. The third-order valence-electron chi connectivity index (χ3n) is 4.21. The minimum atomic E-state index is -0.646. The van der Waals surface area contributed by atoms with Crippen molar-refractivity contribution in [1.82, 2.24) is 20.0 Å². The van der Waals surface area contributed by atoms with Crippen molar-refractivity contribution in [2.24, 2.45) is 5.92 Å². The topological polar surface area (TPSA) is 102 Å². The van der Waals surface area contributed by atoms with Gasteiger partial charge >= 0.3 is 5.76 Å². The van der Waals surface area contributed by atoms with Gasteiger partial charge in [0.15, 0.2) is 5.82 Å². The van der Waals surface area contributed by atoms with Gasteiger partial charge in [-0.3, -0.25) is 14.3 Å². The normalized spacial score (nSPS) is 16.6. The Morgan fingerprint density at radius 1 is 1.21 bits per heavy atom. The number of aromatic nitrogens is 3. The maximum absolute atomic E-state index is 12.2. The van der Waals surface area contributed by atoms with E-state index in [1.54, 1.807) is 28.8 Å². The molecule has 0 spiro atoms. The van der Waals surface area contributed by atoms with Crippen molar-refractivity contribution in [3.8, 4) is 11.5 Å². The number of pyridine rings is 1. The van der Waals surface area contributed by atoms with E-state index in [4.69, 9.17) is 16.3 Å². The number of benzene rings is 1. The van der Waals surface area contributed by atoms with Gasteiger partial charge < -0.3 is 14.6 Å². The fraction of sp³-hybridized carbons (Fsp3) is 0.316. The molecule has 1 aliphatic heterocycles. The van der Waals surface area contributed by atoms with Crippen molar-refractivity contribution >= 4 is 11.6 Å². The molecular weight excluding hydrogens is 403 g/mol. The molecule has 0 bridgehead atoms. The summed E-state index contributed by atoms with van der Waals surface area (Å²) in [4.78, 5) is 25.7. The van der Waals surface area contributed by atoms with Gasteiger partial charge in [-0.05, 0) is 18.2 Å². The average Bonchev–Trinajstić information content (AvgIpc) is 2.97. The second-order valence-corrected chi connectivity index (χ2v) is 6.77. The predicted molar refractivity (Wildman–Crippen MR) is 105 cm³/mol. The first-order chi connectivity index (χ1) is 14.0. The fourth-order valence-corrected chi connectivity index (χ4v) is 2.97. The quantitative estimate of drug-likeness (QED) is 0.668. The Morgan fingerprint density at radius 2 is 2.03 bits per heavy atom. The second kappa shape index (κ2) is 10.1. The van der Waals surface area contributed by atoms with Crippen LogP contribution in [0.4, 0.5) is 4.39 Å². The zero-order valence-electron chi connectivity index (χ0n) is 15.4. The number of nitrogens with zero attached hydrogens (tertiary/aromatic N) is 2. The lowest BCUT2D eigenvalue weighted by Crippen LogP contribution is -2.31. The Kier molecular flexibility index (Phi) is 7.34. The van der Waals surface area contributed by atoms with E-state index in [0.717, 1.165) is 13.1 Å². The Hall–Kier alpha value is -2.75. The summed E-state index contributed by atoms with van der Waals surface area (Å²) in [5, 5.41) is 7.09. The van der Waals surface area contributed by atoms with Crippen molar-refractivity contribution in [1.29, 1.82) is 0 Å². The van der Waals surface area contributed by atoms with Crippen LogP contribution >= 0.6 is 11.6 Å². The molecule has 29 heavy (non-hydrogen) atoms. The smallest absolute Gasteiger partial charge is 0.380 e. The molecule has 1 saturated heterocycles. The molecule has 1 aliphatic rings. The molecule has 10 heteroatoms. The van der Waals surface area contributed by atoms with Crippen LogP contribution in [-0.4, -0.2) is 41.0 Å². The van der Waals surface area contributed by atoms with Gasteiger partial charge in [-0.2, -0.15) is 0 Å². The molecule has 154 valence electrons. The van der Waals surface area contributed by atoms with Gasteiger partial charge in [0.2, 0.25) is 0 Å². The lowest BCUT2D eigenvalue weighted by Gasteiger charge is -2.17. The van der Waals surface area contributed by atoms with Crippen LogP contribution in [0, 0.1) is 11.7 Å². The molecule has 0 amide bonds. The maximum Gasteiger partial charge on any atom is 0.439 e. The SMILES string of the molecule is Fc1ccccc1Cl.O=c1[nH]c(-c2cccc(=O)n2CC2CNCCOC2)no1. The molecule has 8 nitrogen and oxygen atoms in total. The van der Waals surface area contributed by atoms with E-state index < -0.39 is 5.76 Å². The molecule has 0 aliphatic carbocycles. The minimum Gasteiger partial charge on any atom is -0.380 e. The van der Waals surface area contributed by atoms with E-state index in [1.165, 1.54) is 18.2 Å². The van der Waals surface area contributed by atoms with Gasteiger partial charge in [-0.1, -0.05) is 35.0 Å². The molecule has 4 rings (SSSR count). The lowest BCUT2D eigenvalue weighted by molar-refractivity contribution is 0.117. The summed E-state index contributed by atoms with van der Waals surface area (Å²) < 4.78 is 23.8. The predicted octanol–water partition coefficient (Wildman–Crippen LogP) is 1.91. The fourth-order valence-electron chi connectivity index (χ4n) is 2.83. The Morgan fingerprint density at radius 3 is 2.72 bits per heavy atom. The molecule has 1 aromatic carbocycles. The highest BCUT2D eigenvalue weighted by Gasteiger charge is 2.17. The van der Waals surface area contributed by atoms with E-state index in [2.05, 4.69) is 20.0 Å². The van der Waals surface area contributed by atoms with Crippen molar-refractivity contribution in [3.63, 3.8) is 0 Å². The van der Waals surface area contributed by atoms with Gasteiger partial charge in [0, 0.05) is 31.6 Å². The molecule has 1 atom stereocenters. The zero-order chi connectivity index (χ0) is 20.6. The molecule has 2 aromatic heterocycles. The molecule has 2 N–H and O–H groups in total. The lowest BCUT2D eigenvalue weighted by atomic mass is 10.1. The van der Waals surface area contributed by atoms with Crippen LogP contribution in [0.15, 0.2) is 56.6 Å². The van der Waals surface area contributed by atoms with Crippen LogP contribution in [-0.2, 0) is 11.3 Å². The Balaban J connectivity index is 0.000000252.